The second-order valence-corrected chi connectivity index (χ2v) is 8.89. The van der Waals surface area contributed by atoms with Crippen LogP contribution in [0, 0.1) is 12.8 Å². The number of aryl methyl sites for hydroxylation is 1. The van der Waals surface area contributed by atoms with Crippen LogP contribution in [0.25, 0.3) is 0 Å². The number of rotatable bonds is 2. The molecule has 3 rings (SSSR count). The topological polar surface area (TPSA) is 70.1 Å². The zero-order valence-electron chi connectivity index (χ0n) is 16.9. The van der Waals surface area contributed by atoms with Gasteiger partial charge in [-0.25, -0.2) is 4.79 Å². The second kappa shape index (κ2) is 6.82. The van der Waals surface area contributed by atoms with Gasteiger partial charge in [-0.3, -0.25) is 9.69 Å². The predicted molar refractivity (Wildman–Crippen MR) is 104 cm³/mol. The number of aliphatic hydroxyl groups is 1. The van der Waals surface area contributed by atoms with Gasteiger partial charge in [-0.05, 0) is 58.2 Å². The van der Waals surface area contributed by atoms with E-state index in [1.165, 1.54) is 4.90 Å². The lowest BCUT2D eigenvalue weighted by atomic mass is 9.89. The van der Waals surface area contributed by atoms with Gasteiger partial charge in [0.1, 0.15) is 11.6 Å². The van der Waals surface area contributed by atoms with Crippen molar-refractivity contribution in [2.45, 2.75) is 64.2 Å². The van der Waals surface area contributed by atoms with Crippen molar-refractivity contribution in [1.29, 1.82) is 0 Å². The van der Waals surface area contributed by atoms with Crippen LogP contribution in [0.5, 0.6) is 0 Å². The van der Waals surface area contributed by atoms with Crippen molar-refractivity contribution < 1.29 is 19.4 Å². The summed E-state index contributed by atoms with van der Waals surface area (Å²) in [5.41, 5.74) is 0.163. The van der Waals surface area contributed by atoms with E-state index >= 15 is 0 Å². The third-order valence-corrected chi connectivity index (χ3v) is 5.58. The molecule has 1 aromatic rings. The maximum absolute atomic E-state index is 13.4. The minimum atomic E-state index is -1.01. The number of carbonyl (C=O) groups excluding carboxylic acids is 2. The molecule has 2 fully saturated rings. The lowest BCUT2D eigenvalue weighted by Crippen LogP contribution is -2.50. The zero-order valence-corrected chi connectivity index (χ0v) is 16.9. The van der Waals surface area contributed by atoms with Gasteiger partial charge in [0.2, 0.25) is 5.91 Å². The number of ether oxygens (including phenoxy) is 1. The monoisotopic (exact) mass is 374 g/mol. The SMILES string of the molecule is Cc1cccc(N(C)C(=O)C2C3CCCC3(O)CN2C(=O)OC(C)(C)C)c1. The van der Waals surface area contributed by atoms with Gasteiger partial charge in [-0.2, -0.15) is 0 Å². The Labute approximate surface area is 161 Å². The van der Waals surface area contributed by atoms with Crippen molar-refractivity contribution in [3.8, 4) is 0 Å². The maximum atomic E-state index is 13.4. The fourth-order valence-electron chi connectivity index (χ4n) is 4.31. The Morgan fingerprint density at radius 1 is 1.33 bits per heavy atom. The molecule has 1 saturated carbocycles. The number of benzene rings is 1. The lowest BCUT2D eigenvalue weighted by molar-refractivity contribution is -0.124. The molecule has 1 heterocycles. The van der Waals surface area contributed by atoms with Crippen LogP contribution in [0.1, 0.15) is 45.6 Å². The van der Waals surface area contributed by atoms with Gasteiger partial charge in [0, 0.05) is 18.7 Å². The number of amides is 2. The Morgan fingerprint density at radius 2 is 2.04 bits per heavy atom. The molecule has 2 amide bonds. The van der Waals surface area contributed by atoms with E-state index in [1.54, 1.807) is 32.7 Å². The van der Waals surface area contributed by atoms with Crippen LogP contribution >= 0.6 is 0 Å². The number of nitrogens with zero attached hydrogens (tertiary/aromatic N) is 2. The van der Waals surface area contributed by atoms with Crippen LogP contribution in [-0.2, 0) is 9.53 Å². The summed E-state index contributed by atoms with van der Waals surface area (Å²) in [6.07, 6.45) is 1.66. The van der Waals surface area contributed by atoms with Crippen LogP contribution < -0.4 is 4.90 Å². The highest BCUT2D eigenvalue weighted by Gasteiger charge is 2.59. The van der Waals surface area contributed by atoms with E-state index in [-0.39, 0.29) is 18.4 Å². The van der Waals surface area contributed by atoms with Gasteiger partial charge >= 0.3 is 6.09 Å². The smallest absolute Gasteiger partial charge is 0.411 e. The molecule has 0 bridgehead atoms. The fourth-order valence-corrected chi connectivity index (χ4v) is 4.31. The zero-order chi connectivity index (χ0) is 20.0. The van der Waals surface area contributed by atoms with E-state index in [4.69, 9.17) is 4.74 Å². The average molecular weight is 374 g/mol. The van der Waals surface area contributed by atoms with E-state index in [9.17, 15) is 14.7 Å². The van der Waals surface area contributed by atoms with E-state index in [0.717, 1.165) is 24.1 Å². The fraction of sp³-hybridized carbons (Fsp3) is 0.619. The van der Waals surface area contributed by atoms with E-state index in [0.29, 0.717) is 6.42 Å². The highest BCUT2D eigenvalue weighted by atomic mass is 16.6. The van der Waals surface area contributed by atoms with E-state index in [2.05, 4.69) is 0 Å². The number of anilines is 1. The maximum Gasteiger partial charge on any atom is 0.411 e. The van der Waals surface area contributed by atoms with Gasteiger partial charge < -0.3 is 14.7 Å². The molecule has 0 aromatic heterocycles. The predicted octanol–water partition coefficient (Wildman–Crippen LogP) is 3.11. The summed E-state index contributed by atoms with van der Waals surface area (Å²) in [7, 11) is 1.72. The number of likely N-dealkylation sites (N-methyl/N-ethyl adjacent to an activating group) is 1. The summed E-state index contributed by atoms with van der Waals surface area (Å²) >= 11 is 0. The van der Waals surface area contributed by atoms with Crippen molar-refractivity contribution in [2.75, 3.05) is 18.5 Å². The summed E-state index contributed by atoms with van der Waals surface area (Å²) < 4.78 is 5.52. The molecular formula is C21H30N2O4. The first-order valence-electron chi connectivity index (χ1n) is 9.58. The number of hydrogen-bond donors (Lipinski definition) is 1. The van der Waals surface area contributed by atoms with Gasteiger partial charge in [-0.15, -0.1) is 0 Å². The third kappa shape index (κ3) is 3.81. The summed E-state index contributed by atoms with van der Waals surface area (Å²) in [6, 6.07) is 6.97. The Morgan fingerprint density at radius 3 is 2.67 bits per heavy atom. The number of hydrogen-bond acceptors (Lipinski definition) is 4. The summed E-state index contributed by atoms with van der Waals surface area (Å²) in [4.78, 5) is 29.2. The van der Waals surface area contributed by atoms with E-state index < -0.39 is 23.3 Å². The molecule has 0 spiro atoms. The Balaban J connectivity index is 1.90. The molecule has 3 unspecified atom stereocenters. The average Bonchev–Trinajstić information content (AvgIpc) is 3.05. The molecule has 6 heteroatoms. The van der Waals surface area contributed by atoms with Crippen LogP contribution in [-0.4, -0.2) is 52.8 Å². The summed E-state index contributed by atoms with van der Waals surface area (Å²) in [5, 5.41) is 11.0. The Bertz CT molecular complexity index is 742. The van der Waals surface area contributed by atoms with Crippen LogP contribution in [0.4, 0.5) is 10.5 Å². The normalized spacial score (nSPS) is 27.4. The number of likely N-dealkylation sites (tertiary alicyclic amines) is 1. The molecule has 2 aliphatic rings. The van der Waals surface area contributed by atoms with Crippen molar-refractivity contribution in [2.24, 2.45) is 5.92 Å². The molecule has 0 radical (unpaired) electrons. The minimum Gasteiger partial charge on any atom is -0.444 e. The molecule has 1 aromatic carbocycles. The molecule has 6 nitrogen and oxygen atoms in total. The first kappa shape index (κ1) is 19.7. The second-order valence-electron chi connectivity index (χ2n) is 8.89. The van der Waals surface area contributed by atoms with E-state index in [1.807, 2.05) is 31.2 Å². The number of fused-ring (bicyclic) bond motifs is 1. The highest BCUT2D eigenvalue weighted by molar-refractivity contribution is 5.99. The minimum absolute atomic E-state index is 0.143. The first-order valence-corrected chi connectivity index (χ1v) is 9.58. The van der Waals surface area contributed by atoms with Crippen molar-refractivity contribution >= 4 is 17.7 Å². The van der Waals surface area contributed by atoms with Crippen molar-refractivity contribution in [3.05, 3.63) is 29.8 Å². The Hall–Kier alpha value is -2.08. The number of carbonyl (C=O) groups is 2. The molecule has 1 N–H and O–H groups in total. The van der Waals surface area contributed by atoms with Crippen LogP contribution in [0.15, 0.2) is 24.3 Å². The van der Waals surface area contributed by atoms with Crippen molar-refractivity contribution in [1.82, 2.24) is 4.90 Å². The van der Waals surface area contributed by atoms with Crippen molar-refractivity contribution in [3.63, 3.8) is 0 Å². The molecule has 27 heavy (non-hydrogen) atoms. The molecule has 1 aliphatic carbocycles. The van der Waals surface area contributed by atoms with Gasteiger partial charge in [0.25, 0.3) is 0 Å². The molecular weight excluding hydrogens is 344 g/mol. The molecule has 3 atom stereocenters. The quantitative estimate of drug-likeness (QED) is 0.864. The molecule has 148 valence electrons. The van der Waals surface area contributed by atoms with Crippen LogP contribution in [0.2, 0.25) is 0 Å². The van der Waals surface area contributed by atoms with Gasteiger partial charge in [0.05, 0.1) is 12.1 Å². The van der Waals surface area contributed by atoms with Gasteiger partial charge in [0.15, 0.2) is 0 Å². The highest BCUT2D eigenvalue weighted by Crippen LogP contribution is 2.46. The van der Waals surface area contributed by atoms with Crippen LogP contribution in [0.3, 0.4) is 0 Å². The summed E-state index contributed by atoms with van der Waals surface area (Å²) in [6.45, 7) is 7.51. The standard InChI is InChI=1S/C21H30N2O4/c1-14-8-6-9-15(12-14)22(5)18(24)17-16-10-7-11-21(16,26)13-23(17)19(25)27-20(2,3)4/h6,8-9,12,16-17,26H,7,10-11,13H2,1-5H3. The third-order valence-electron chi connectivity index (χ3n) is 5.58. The molecule has 1 aliphatic heterocycles. The Kier molecular flexibility index (Phi) is 4.97. The van der Waals surface area contributed by atoms with Gasteiger partial charge in [-0.1, -0.05) is 18.6 Å². The lowest BCUT2D eigenvalue weighted by Gasteiger charge is -2.32. The number of β-amino-alcohol motifs (C(OH)–C–C–N with tert-alkyl or cyclic N) is 1. The largest absolute Gasteiger partial charge is 0.444 e. The first-order chi connectivity index (χ1) is 12.5. The molecule has 1 saturated heterocycles. The summed E-state index contributed by atoms with van der Waals surface area (Å²) in [5.74, 6) is -0.445.